The zero-order valence-electron chi connectivity index (χ0n) is 9.77. The van der Waals surface area contributed by atoms with Gasteiger partial charge >= 0.3 is 0 Å². The van der Waals surface area contributed by atoms with Crippen molar-refractivity contribution in [2.45, 2.75) is 12.2 Å². The topological polar surface area (TPSA) is 46.5 Å². The van der Waals surface area contributed by atoms with E-state index in [1.165, 1.54) is 37.1 Å². The molecule has 0 aliphatic rings. The van der Waals surface area contributed by atoms with Crippen LogP contribution in [0.4, 0.5) is 4.39 Å². The lowest BCUT2D eigenvalue weighted by atomic mass is 10.1. The summed E-state index contributed by atoms with van der Waals surface area (Å²) in [7, 11) is 1.44. The molecule has 0 aliphatic heterocycles. The second-order valence-corrected chi connectivity index (χ2v) is 5.00. The number of benzene rings is 1. The van der Waals surface area contributed by atoms with E-state index >= 15 is 0 Å². The monoisotopic (exact) mass is 258 g/mol. The van der Waals surface area contributed by atoms with Crippen LogP contribution in [0.2, 0.25) is 0 Å². The van der Waals surface area contributed by atoms with Crippen LogP contribution < -0.4 is 4.74 Å². The average Bonchev–Trinajstić information content (AvgIpc) is 2.35. The Morgan fingerprint density at radius 1 is 1.59 bits per heavy atom. The Labute approximate surface area is 104 Å². The number of hydrogen-bond donors (Lipinski definition) is 1. The van der Waals surface area contributed by atoms with Crippen LogP contribution in [0.1, 0.15) is 17.3 Å². The first-order valence-corrected chi connectivity index (χ1v) is 6.22. The fourth-order valence-electron chi connectivity index (χ4n) is 1.25. The first-order valence-electron chi connectivity index (χ1n) is 5.17. The van der Waals surface area contributed by atoms with Crippen LogP contribution in [0.25, 0.3) is 0 Å². The van der Waals surface area contributed by atoms with E-state index in [1.54, 1.807) is 0 Å². The summed E-state index contributed by atoms with van der Waals surface area (Å²) in [5.74, 6) is -0.101. The van der Waals surface area contributed by atoms with Crippen molar-refractivity contribution in [1.29, 1.82) is 0 Å². The van der Waals surface area contributed by atoms with Gasteiger partial charge in [-0.2, -0.15) is 0 Å². The molecule has 0 amide bonds. The molecular formula is C12H15FO3S. The molecule has 5 heteroatoms. The van der Waals surface area contributed by atoms with Gasteiger partial charge in [-0.15, -0.1) is 11.8 Å². The maximum absolute atomic E-state index is 13.1. The van der Waals surface area contributed by atoms with Gasteiger partial charge in [-0.05, 0) is 18.2 Å². The largest absolute Gasteiger partial charge is 0.496 e. The highest BCUT2D eigenvalue weighted by atomic mass is 32.2. The third-order valence-electron chi connectivity index (χ3n) is 2.22. The van der Waals surface area contributed by atoms with E-state index in [0.29, 0.717) is 5.75 Å². The summed E-state index contributed by atoms with van der Waals surface area (Å²) in [5.41, 5.74) is 0.241. The van der Waals surface area contributed by atoms with E-state index < -0.39 is 5.82 Å². The lowest BCUT2D eigenvalue weighted by Gasteiger charge is -2.09. The van der Waals surface area contributed by atoms with Gasteiger partial charge in [-0.25, -0.2) is 4.39 Å². The molecule has 0 bridgehead atoms. The molecule has 0 radical (unpaired) electrons. The van der Waals surface area contributed by atoms with Crippen molar-refractivity contribution in [2.75, 3.05) is 19.5 Å². The minimum Gasteiger partial charge on any atom is -0.496 e. The molecule has 1 rings (SSSR count). The highest BCUT2D eigenvalue weighted by Gasteiger charge is 2.14. The molecule has 0 heterocycles. The molecule has 1 aromatic carbocycles. The number of ether oxygens (including phenoxy) is 1. The normalized spacial score (nSPS) is 12.2. The number of methoxy groups -OCH3 is 1. The number of thioether (sulfide) groups is 1. The predicted molar refractivity (Wildman–Crippen MR) is 66.3 cm³/mol. The van der Waals surface area contributed by atoms with E-state index in [4.69, 9.17) is 9.84 Å². The second-order valence-electron chi connectivity index (χ2n) is 3.57. The summed E-state index contributed by atoms with van der Waals surface area (Å²) in [4.78, 5) is 11.8. The first kappa shape index (κ1) is 14.0. The Balaban J connectivity index is 2.77. The zero-order chi connectivity index (χ0) is 12.8. The van der Waals surface area contributed by atoms with Crippen LogP contribution in [-0.2, 0) is 0 Å². The molecule has 0 spiro atoms. The van der Waals surface area contributed by atoms with Gasteiger partial charge < -0.3 is 9.84 Å². The number of hydrogen-bond acceptors (Lipinski definition) is 4. The highest BCUT2D eigenvalue weighted by Crippen LogP contribution is 2.22. The molecule has 94 valence electrons. The molecule has 0 saturated carbocycles. The van der Waals surface area contributed by atoms with E-state index in [1.807, 2.05) is 6.92 Å². The summed E-state index contributed by atoms with van der Waals surface area (Å²) in [6.07, 6.45) is 0. The Hall–Kier alpha value is -1.07. The van der Waals surface area contributed by atoms with Gasteiger partial charge in [0.05, 0.1) is 25.0 Å². The molecule has 1 atom stereocenters. The number of carbonyl (C=O) groups excluding carboxylic acids is 1. The molecule has 0 aliphatic carbocycles. The van der Waals surface area contributed by atoms with Gasteiger partial charge in [0.25, 0.3) is 0 Å². The molecule has 0 saturated heterocycles. The third-order valence-corrected chi connectivity index (χ3v) is 3.36. The van der Waals surface area contributed by atoms with E-state index in [9.17, 15) is 9.18 Å². The van der Waals surface area contributed by atoms with Crippen molar-refractivity contribution >= 4 is 17.5 Å². The third kappa shape index (κ3) is 4.02. The standard InChI is InChI=1S/C12H15FO3S/c1-8(6-14)17-7-11(15)10-5-9(13)3-4-12(10)16-2/h3-5,8,14H,6-7H2,1-2H3. The van der Waals surface area contributed by atoms with Gasteiger partial charge in [-0.3, -0.25) is 4.79 Å². The molecule has 0 aromatic heterocycles. The molecule has 3 nitrogen and oxygen atoms in total. The molecular weight excluding hydrogens is 243 g/mol. The number of carbonyl (C=O) groups is 1. The van der Waals surface area contributed by atoms with Gasteiger partial charge in [0, 0.05) is 5.25 Å². The highest BCUT2D eigenvalue weighted by molar-refractivity contribution is 8.00. The number of Topliss-reactive ketones (excluding diaryl/α,β-unsaturated/α-hetero) is 1. The van der Waals surface area contributed by atoms with Gasteiger partial charge in [0.2, 0.25) is 0 Å². The zero-order valence-corrected chi connectivity index (χ0v) is 10.6. The van der Waals surface area contributed by atoms with Crippen molar-refractivity contribution in [2.24, 2.45) is 0 Å². The van der Waals surface area contributed by atoms with Crippen molar-refractivity contribution in [3.63, 3.8) is 0 Å². The maximum Gasteiger partial charge on any atom is 0.176 e. The van der Waals surface area contributed by atoms with Crippen LogP contribution in [0, 0.1) is 5.82 Å². The number of ketones is 1. The summed E-state index contributed by atoms with van der Waals surface area (Å²) in [6.45, 7) is 1.83. The second kappa shape index (κ2) is 6.61. The summed E-state index contributed by atoms with van der Waals surface area (Å²) < 4.78 is 18.1. The minimum absolute atomic E-state index is 0.0121. The van der Waals surface area contributed by atoms with E-state index in [-0.39, 0.29) is 29.0 Å². The van der Waals surface area contributed by atoms with Crippen molar-refractivity contribution in [3.8, 4) is 5.75 Å². The lowest BCUT2D eigenvalue weighted by Crippen LogP contribution is -2.10. The molecule has 0 fully saturated rings. The van der Waals surface area contributed by atoms with Crippen LogP contribution in [-0.4, -0.2) is 35.6 Å². The van der Waals surface area contributed by atoms with Crippen molar-refractivity contribution < 1.29 is 19.0 Å². The SMILES string of the molecule is COc1ccc(F)cc1C(=O)CSC(C)CO. The van der Waals surface area contributed by atoms with Crippen LogP contribution >= 0.6 is 11.8 Å². The van der Waals surface area contributed by atoms with Gasteiger partial charge in [0.15, 0.2) is 5.78 Å². The van der Waals surface area contributed by atoms with Crippen LogP contribution in [0.15, 0.2) is 18.2 Å². The quantitative estimate of drug-likeness (QED) is 0.794. The van der Waals surface area contributed by atoms with Crippen LogP contribution in [0.3, 0.4) is 0 Å². The predicted octanol–water partition coefficient (Wildman–Crippen LogP) is 2.13. The lowest BCUT2D eigenvalue weighted by molar-refractivity contribution is 0.101. The minimum atomic E-state index is -0.464. The van der Waals surface area contributed by atoms with Crippen LogP contribution in [0.5, 0.6) is 5.75 Å². The Morgan fingerprint density at radius 2 is 2.29 bits per heavy atom. The molecule has 1 N–H and O–H groups in total. The maximum atomic E-state index is 13.1. The smallest absolute Gasteiger partial charge is 0.176 e. The summed E-state index contributed by atoms with van der Waals surface area (Å²) in [6, 6.07) is 3.85. The number of aliphatic hydroxyl groups excluding tert-OH is 1. The summed E-state index contributed by atoms with van der Waals surface area (Å²) in [5, 5.41) is 8.83. The Morgan fingerprint density at radius 3 is 2.88 bits per heavy atom. The fourth-order valence-corrected chi connectivity index (χ4v) is 1.94. The van der Waals surface area contributed by atoms with Gasteiger partial charge in [0.1, 0.15) is 11.6 Å². The number of halogens is 1. The fraction of sp³-hybridized carbons (Fsp3) is 0.417. The molecule has 1 aromatic rings. The molecule has 1 unspecified atom stereocenters. The van der Waals surface area contributed by atoms with Gasteiger partial charge in [-0.1, -0.05) is 6.92 Å². The Bertz CT molecular complexity index is 395. The molecule has 17 heavy (non-hydrogen) atoms. The van der Waals surface area contributed by atoms with Crippen molar-refractivity contribution in [3.05, 3.63) is 29.6 Å². The first-order chi connectivity index (χ1) is 8.08. The van der Waals surface area contributed by atoms with Crippen molar-refractivity contribution in [1.82, 2.24) is 0 Å². The number of rotatable bonds is 6. The summed E-state index contributed by atoms with van der Waals surface area (Å²) >= 11 is 1.33. The average molecular weight is 258 g/mol. The van der Waals surface area contributed by atoms with E-state index in [0.717, 1.165) is 0 Å². The number of aliphatic hydroxyl groups is 1. The van der Waals surface area contributed by atoms with E-state index in [2.05, 4.69) is 0 Å². The Kier molecular flexibility index (Phi) is 5.44.